The molecule has 0 aliphatic heterocycles. The van der Waals surface area contributed by atoms with Crippen LogP contribution in [-0.2, 0) is 19.1 Å². The molecule has 4 N–H and O–H groups in total. The zero-order valence-corrected chi connectivity index (χ0v) is 35.3. The van der Waals surface area contributed by atoms with E-state index in [4.69, 9.17) is 10.5 Å². The van der Waals surface area contributed by atoms with Crippen LogP contribution < -0.4 is 16.4 Å². The monoisotopic (exact) mass is 860 g/mol. The second kappa shape index (κ2) is 17.9. The maximum Gasteiger partial charge on any atom is 0.375 e. The van der Waals surface area contributed by atoms with E-state index < -0.39 is 17.7 Å². The maximum absolute atomic E-state index is 13.0. The van der Waals surface area contributed by atoms with Crippen LogP contribution in [0, 0.1) is 46.3 Å². The maximum atomic E-state index is 13.0. The predicted octanol–water partition coefficient (Wildman–Crippen LogP) is 6.58. The molecule has 8 aliphatic rings. The molecule has 3 aromatic rings. The van der Waals surface area contributed by atoms with Crippen molar-refractivity contribution in [3.8, 4) is 0 Å². The Morgan fingerprint density at radius 1 is 0.707 bits per heavy atom. The number of hydrogen-bond acceptors (Lipinski definition) is 10. The molecular formula is C44H57BrN6O7. The van der Waals surface area contributed by atoms with Crippen LogP contribution in [0.25, 0.3) is 5.65 Å². The van der Waals surface area contributed by atoms with E-state index in [9.17, 15) is 24.0 Å². The lowest BCUT2D eigenvalue weighted by molar-refractivity contribution is -0.152. The summed E-state index contributed by atoms with van der Waals surface area (Å²) in [6.07, 6.45) is 17.8. The van der Waals surface area contributed by atoms with E-state index in [-0.39, 0.29) is 29.4 Å². The minimum atomic E-state index is -0.769. The van der Waals surface area contributed by atoms with Crippen LogP contribution in [0.1, 0.15) is 122 Å². The van der Waals surface area contributed by atoms with E-state index >= 15 is 0 Å². The molecule has 2 amide bonds. The number of nitrogens with zero attached hydrogens (tertiary/aromatic N) is 3. The van der Waals surface area contributed by atoms with E-state index in [1.807, 2.05) is 0 Å². The summed E-state index contributed by atoms with van der Waals surface area (Å²) in [7, 11) is 0. The summed E-state index contributed by atoms with van der Waals surface area (Å²) in [5.74, 6) is 3.78. The van der Waals surface area contributed by atoms with Crippen LogP contribution in [0.4, 0.5) is 5.82 Å². The largest absolute Gasteiger partial charge is 0.461 e. The highest BCUT2D eigenvalue weighted by Crippen LogP contribution is 2.60. The number of nitrogens with two attached hydrogens (primary N) is 1. The van der Waals surface area contributed by atoms with Gasteiger partial charge in [-0.1, -0.05) is 28.1 Å². The topological polar surface area (TPSA) is 184 Å². The number of fused-ring (bicyclic) bond motifs is 1. The van der Waals surface area contributed by atoms with Gasteiger partial charge in [0.25, 0.3) is 11.8 Å². The first-order valence-corrected chi connectivity index (χ1v) is 22.2. The Hall–Kier alpha value is -4.33. The van der Waals surface area contributed by atoms with Gasteiger partial charge in [0.1, 0.15) is 22.9 Å². The van der Waals surface area contributed by atoms with Crippen molar-refractivity contribution in [1.29, 1.82) is 0 Å². The first kappa shape index (κ1) is 41.8. The second-order valence-corrected chi connectivity index (χ2v) is 18.5. The number of ether oxygens (including phenoxy) is 2. The molecule has 8 aliphatic carbocycles. The highest BCUT2D eigenvalue weighted by Gasteiger charge is 2.52. The zero-order chi connectivity index (χ0) is 41.0. The van der Waals surface area contributed by atoms with Crippen molar-refractivity contribution in [3.05, 3.63) is 59.7 Å². The van der Waals surface area contributed by atoms with E-state index in [0.29, 0.717) is 40.3 Å². The first-order chi connectivity index (χ1) is 27.9. The summed E-state index contributed by atoms with van der Waals surface area (Å²) in [6, 6.07) is 10.6. The number of ketones is 1. The number of nitrogens with one attached hydrogen (secondary N) is 2. The normalized spacial score (nSPS) is 29.4. The molecule has 58 heavy (non-hydrogen) atoms. The van der Waals surface area contributed by atoms with Crippen LogP contribution in [0.3, 0.4) is 0 Å². The summed E-state index contributed by atoms with van der Waals surface area (Å²) in [6.45, 7) is 5.52. The van der Waals surface area contributed by atoms with Crippen molar-refractivity contribution in [1.82, 2.24) is 25.0 Å². The van der Waals surface area contributed by atoms with E-state index in [2.05, 4.69) is 41.3 Å². The number of pyridine rings is 2. The van der Waals surface area contributed by atoms with Gasteiger partial charge in [0.05, 0.1) is 18.5 Å². The Labute approximate surface area is 348 Å². The van der Waals surface area contributed by atoms with E-state index in [0.717, 1.165) is 48.6 Å². The number of amides is 2. The number of carbonyl (C=O) groups excluding carboxylic acids is 5. The fourth-order valence-electron chi connectivity index (χ4n) is 12.1. The highest BCUT2D eigenvalue weighted by molar-refractivity contribution is 9.09. The van der Waals surface area contributed by atoms with E-state index in [1.165, 1.54) is 77.0 Å². The van der Waals surface area contributed by atoms with Crippen molar-refractivity contribution in [2.24, 2.45) is 46.3 Å². The van der Waals surface area contributed by atoms with Crippen LogP contribution in [-0.4, -0.2) is 75.5 Å². The minimum absolute atomic E-state index is 0.0336. The SMILES string of the molecule is CCOC(=O)C(=O)CBr.CCOC(=O)c1cn2c(C(=O)NCC34CC5CC(CC(C5)C3)C4)cccc2n1.Nc1cccc(C(=O)NCC23CC4CC(CC(C4)C2)C3)n1. The van der Waals surface area contributed by atoms with Crippen LogP contribution in [0.2, 0.25) is 0 Å². The lowest BCUT2D eigenvalue weighted by Crippen LogP contribution is -2.51. The van der Waals surface area contributed by atoms with Gasteiger partial charge in [0.15, 0.2) is 5.69 Å². The van der Waals surface area contributed by atoms with Crippen molar-refractivity contribution >= 4 is 56.9 Å². The molecule has 0 saturated heterocycles. The molecular weight excluding hydrogens is 804 g/mol. The van der Waals surface area contributed by atoms with Gasteiger partial charge in [-0.05, 0) is 162 Å². The Morgan fingerprint density at radius 2 is 1.21 bits per heavy atom. The van der Waals surface area contributed by atoms with Crippen molar-refractivity contribution in [2.75, 3.05) is 37.4 Å². The standard InChI is InChI=1S/C22H27N3O3.C17H23N3O.C5H7BrO3/c1-2-28-21(27)17-12-25-18(4-3-5-19(25)24-17)20(26)23-13-22-9-14-6-15(10-22)8-16(7-14)11-22;18-15-3-1-2-14(20-15)16(21)19-10-17-7-11-4-12(8-17)6-13(5-11)9-17;1-2-9-5(8)4(7)3-6/h3-5,12,14-16H,2,6-11,13H2,1H3,(H,23,26);1-3,11-13H,4-10H2,(H2,18,20)(H,19,21);2-3H2,1H3. The summed E-state index contributed by atoms with van der Waals surface area (Å²) >= 11 is 2.83. The third-order valence-corrected chi connectivity index (χ3v) is 13.9. The number of imidazole rings is 1. The van der Waals surface area contributed by atoms with Gasteiger partial charge in [-0.25, -0.2) is 19.6 Å². The lowest BCUT2D eigenvalue weighted by Gasteiger charge is -2.56. The molecule has 13 nitrogen and oxygen atoms in total. The van der Waals surface area contributed by atoms with Crippen LogP contribution in [0.15, 0.2) is 42.6 Å². The number of anilines is 1. The number of carbonyl (C=O) groups is 5. The van der Waals surface area contributed by atoms with Gasteiger partial charge >= 0.3 is 11.9 Å². The van der Waals surface area contributed by atoms with E-state index in [1.54, 1.807) is 60.8 Å². The Bertz CT molecular complexity index is 1940. The Morgan fingerprint density at radius 3 is 1.69 bits per heavy atom. The van der Waals surface area contributed by atoms with Gasteiger partial charge in [-0.3, -0.25) is 18.8 Å². The van der Waals surface area contributed by atoms with Gasteiger partial charge in [0.2, 0.25) is 5.78 Å². The average molecular weight is 862 g/mol. The molecule has 3 aromatic heterocycles. The molecule has 3 heterocycles. The first-order valence-electron chi connectivity index (χ1n) is 21.1. The zero-order valence-electron chi connectivity index (χ0n) is 33.7. The molecule has 312 valence electrons. The molecule has 0 atom stereocenters. The number of esters is 2. The second-order valence-electron chi connectivity index (χ2n) is 17.9. The molecule has 0 spiro atoms. The van der Waals surface area contributed by atoms with Gasteiger partial charge < -0.3 is 25.8 Å². The molecule has 8 bridgehead atoms. The number of halogens is 1. The molecule has 8 saturated carbocycles. The number of aromatic nitrogens is 3. The van der Waals surface area contributed by atoms with Crippen molar-refractivity contribution < 1.29 is 33.4 Å². The number of rotatable bonds is 11. The molecule has 0 radical (unpaired) electrons. The minimum Gasteiger partial charge on any atom is -0.461 e. The highest BCUT2D eigenvalue weighted by atomic mass is 79.9. The fourth-order valence-corrected chi connectivity index (χ4v) is 12.3. The third kappa shape index (κ3) is 9.58. The van der Waals surface area contributed by atoms with Crippen LogP contribution >= 0.6 is 15.9 Å². The number of nitrogen functional groups attached to an aromatic ring is 1. The number of hydrogen-bond donors (Lipinski definition) is 3. The fraction of sp³-hybridized carbons (Fsp3) is 0.614. The molecule has 11 rings (SSSR count). The molecule has 0 aromatic carbocycles. The Kier molecular flexibility index (Phi) is 12.9. The van der Waals surface area contributed by atoms with Crippen molar-refractivity contribution in [3.63, 3.8) is 0 Å². The summed E-state index contributed by atoms with van der Waals surface area (Å²) < 4.78 is 11.1. The van der Waals surface area contributed by atoms with Crippen molar-refractivity contribution in [2.45, 2.75) is 90.9 Å². The average Bonchev–Trinajstić information content (AvgIpc) is 3.64. The predicted molar refractivity (Wildman–Crippen MR) is 221 cm³/mol. The Balaban J connectivity index is 0.000000150. The molecule has 0 unspecified atom stereocenters. The molecule has 14 heteroatoms. The van der Waals surface area contributed by atoms with Crippen LogP contribution in [0.5, 0.6) is 0 Å². The lowest BCUT2D eigenvalue weighted by atomic mass is 9.49. The van der Waals surface area contributed by atoms with Gasteiger partial charge in [-0.2, -0.15) is 0 Å². The summed E-state index contributed by atoms with van der Waals surface area (Å²) in [4.78, 5) is 66.4. The number of alkyl halides is 1. The quantitative estimate of drug-likeness (QED) is 0.108. The summed E-state index contributed by atoms with van der Waals surface area (Å²) in [5, 5.41) is 6.37. The summed E-state index contributed by atoms with van der Waals surface area (Å²) in [5.41, 5.74) is 8.04. The third-order valence-electron chi connectivity index (χ3n) is 13.4. The smallest absolute Gasteiger partial charge is 0.375 e. The van der Waals surface area contributed by atoms with Gasteiger partial charge in [0, 0.05) is 19.3 Å². The number of Topliss-reactive ketones (excluding diaryl/α,β-unsaturated/α-hetero) is 1. The molecule has 8 fully saturated rings. The van der Waals surface area contributed by atoms with Gasteiger partial charge in [-0.15, -0.1) is 0 Å².